The number of hydrogen-bond donors (Lipinski definition) is 2. The first-order valence-corrected chi connectivity index (χ1v) is 11.7. The molecule has 7 nitrogen and oxygen atoms in total. The van der Waals surface area contributed by atoms with Crippen LogP contribution in [0.25, 0.3) is 11.0 Å². The summed E-state index contributed by atoms with van der Waals surface area (Å²) in [6.45, 7) is 6.52. The van der Waals surface area contributed by atoms with Crippen molar-refractivity contribution in [2.24, 2.45) is 0 Å². The van der Waals surface area contributed by atoms with Crippen LogP contribution in [0.4, 0.5) is 15.8 Å². The van der Waals surface area contributed by atoms with Crippen LogP contribution in [0, 0.1) is 5.82 Å². The van der Waals surface area contributed by atoms with Gasteiger partial charge in [0.05, 0.1) is 40.1 Å². The molecule has 0 spiro atoms. The summed E-state index contributed by atoms with van der Waals surface area (Å²) < 4.78 is 23.2. The Morgan fingerprint density at radius 1 is 1.33 bits per heavy atom. The lowest BCUT2D eigenvalue weighted by atomic mass is 10.1. The lowest BCUT2D eigenvalue weighted by molar-refractivity contribution is 0.0145. The maximum absolute atomic E-state index is 15.6. The molecule has 0 bridgehead atoms. The minimum Gasteiger partial charge on any atom is -0.499 e. The van der Waals surface area contributed by atoms with E-state index < -0.39 is 11.7 Å². The molecule has 2 aromatic carbocycles. The third-order valence-electron chi connectivity index (χ3n) is 4.88. The summed E-state index contributed by atoms with van der Waals surface area (Å²) in [6.07, 6.45) is 5.89. The average molecular weight is 540 g/mol. The van der Waals surface area contributed by atoms with Crippen LogP contribution in [0.3, 0.4) is 0 Å². The number of nitrogens with one attached hydrogen (secondary N) is 2. The van der Waals surface area contributed by atoms with Crippen LogP contribution in [-0.4, -0.2) is 28.7 Å². The van der Waals surface area contributed by atoms with E-state index in [0.29, 0.717) is 22.8 Å². The molecule has 33 heavy (non-hydrogen) atoms. The van der Waals surface area contributed by atoms with Gasteiger partial charge in [-0.15, -0.1) is 0 Å². The van der Waals surface area contributed by atoms with Gasteiger partial charge in [-0.05, 0) is 30.7 Å². The molecule has 0 radical (unpaired) electrons. The number of hydroxylamine groups is 1. The normalized spacial score (nSPS) is 10.9. The number of benzene rings is 2. The standard InChI is InChI=1S/C23H25BrClFN4O3/c1-3-5-6-9-30-14-27-22-19(30)13-16(23(31)29-33-11-10-32-4-2)21(20(22)26)28-18-8-7-15(24)12-17(18)25/h4,7-8,12-14,28H,2-3,5-6,9-11H2,1H3,(H,29,31). The first-order valence-electron chi connectivity index (χ1n) is 10.5. The number of fused-ring (bicyclic) bond motifs is 1. The maximum atomic E-state index is 15.6. The molecule has 0 aliphatic rings. The van der Waals surface area contributed by atoms with Gasteiger partial charge in [0.1, 0.15) is 18.7 Å². The number of nitrogens with zero attached hydrogens (tertiary/aromatic N) is 2. The Morgan fingerprint density at radius 3 is 2.88 bits per heavy atom. The number of amides is 1. The molecule has 10 heteroatoms. The van der Waals surface area contributed by atoms with E-state index in [1.807, 2.05) is 4.57 Å². The molecule has 2 N–H and O–H groups in total. The zero-order valence-corrected chi connectivity index (χ0v) is 20.5. The Bertz CT molecular complexity index is 1140. The predicted molar refractivity (Wildman–Crippen MR) is 131 cm³/mol. The van der Waals surface area contributed by atoms with Crippen molar-refractivity contribution < 1.29 is 18.8 Å². The number of imidazole rings is 1. The Hall–Kier alpha value is -2.62. The smallest absolute Gasteiger partial charge is 0.277 e. The molecular formula is C23H25BrClFN4O3. The lowest BCUT2D eigenvalue weighted by Crippen LogP contribution is -2.26. The molecule has 0 aliphatic carbocycles. The number of rotatable bonds is 12. The van der Waals surface area contributed by atoms with Gasteiger partial charge in [0.15, 0.2) is 5.82 Å². The molecule has 0 unspecified atom stereocenters. The zero-order chi connectivity index (χ0) is 23.8. The number of carbonyl (C=O) groups excluding carboxylic acids is 1. The Kier molecular flexibility index (Phi) is 9.11. The van der Waals surface area contributed by atoms with Gasteiger partial charge in [0, 0.05) is 11.0 Å². The highest BCUT2D eigenvalue weighted by atomic mass is 79.9. The number of aromatic nitrogens is 2. The van der Waals surface area contributed by atoms with Gasteiger partial charge < -0.3 is 14.6 Å². The number of hydrogen-bond acceptors (Lipinski definition) is 5. The predicted octanol–water partition coefficient (Wildman–Crippen LogP) is 6.35. The van der Waals surface area contributed by atoms with E-state index in [9.17, 15) is 4.79 Å². The van der Waals surface area contributed by atoms with E-state index in [0.717, 1.165) is 23.7 Å². The van der Waals surface area contributed by atoms with Gasteiger partial charge in [0.2, 0.25) is 0 Å². The lowest BCUT2D eigenvalue weighted by Gasteiger charge is -2.16. The number of aryl methyl sites for hydroxylation is 1. The summed E-state index contributed by atoms with van der Waals surface area (Å²) in [7, 11) is 0. The van der Waals surface area contributed by atoms with Crippen molar-refractivity contribution in [3.8, 4) is 0 Å². The minimum absolute atomic E-state index is 0.0472. The second kappa shape index (κ2) is 12.0. The first-order chi connectivity index (χ1) is 16.0. The highest BCUT2D eigenvalue weighted by molar-refractivity contribution is 9.10. The van der Waals surface area contributed by atoms with Crippen LogP contribution >= 0.6 is 27.5 Å². The van der Waals surface area contributed by atoms with Crippen LogP contribution in [0.15, 0.2) is 47.9 Å². The third kappa shape index (κ3) is 6.25. The van der Waals surface area contributed by atoms with Gasteiger partial charge in [-0.2, -0.15) is 0 Å². The minimum atomic E-state index is -0.652. The topological polar surface area (TPSA) is 77.4 Å². The number of carbonyl (C=O) groups is 1. The second-order valence-electron chi connectivity index (χ2n) is 7.19. The molecule has 0 atom stereocenters. The van der Waals surface area contributed by atoms with Crippen molar-refractivity contribution in [2.75, 3.05) is 18.5 Å². The zero-order valence-electron chi connectivity index (χ0n) is 18.2. The van der Waals surface area contributed by atoms with Gasteiger partial charge in [-0.1, -0.05) is 53.9 Å². The molecule has 176 valence electrons. The van der Waals surface area contributed by atoms with Crippen LogP contribution < -0.4 is 10.8 Å². The van der Waals surface area contributed by atoms with E-state index in [1.54, 1.807) is 30.6 Å². The van der Waals surface area contributed by atoms with E-state index in [1.165, 1.54) is 6.26 Å². The number of halogens is 3. The van der Waals surface area contributed by atoms with Gasteiger partial charge in [-0.25, -0.2) is 14.9 Å². The summed E-state index contributed by atoms with van der Waals surface area (Å²) in [4.78, 5) is 22.4. The molecule has 1 amide bonds. The number of ether oxygens (including phenoxy) is 1. The van der Waals surface area contributed by atoms with Crippen molar-refractivity contribution in [1.82, 2.24) is 15.0 Å². The third-order valence-corrected chi connectivity index (χ3v) is 5.69. The van der Waals surface area contributed by atoms with Crippen LogP contribution in [-0.2, 0) is 16.1 Å². The van der Waals surface area contributed by atoms with Crippen molar-refractivity contribution >= 4 is 55.8 Å². The van der Waals surface area contributed by atoms with Gasteiger partial charge >= 0.3 is 0 Å². The summed E-state index contributed by atoms with van der Waals surface area (Å²) >= 11 is 9.65. The van der Waals surface area contributed by atoms with Crippen molar-refractivity contribution in [2.45, 2.75) is 32.7 Å². The van der Waals surface area contributed by atoms with E-state index in [-0.39, 0.29) is 30.0 Å². The fraction of sp³-hybridized carbons (Fsp3) is 0.304. The summed E-state index contributed by atoms with van der Waals surface area (Å²) in [5.74, 6) is -1.27. The molecule has 3 rings (SSSR count). The van der Waals surface area contributed by atoms with E-state index in [2.05, 4.69) is 45.2 Å². The van der Waals surface area contributed by atoms with Gasteiger partial charge in [0.25, 0.3) is 5.91 Å². The highest BCUT2D eigenvalue weighted by Crippen LogP contribution is 2.34. The fourth-order valence-electron chi connectivity index (χ4n) is 3.24. The monoisotopic (exact) mass is 538 g/mol. The largest absolute Gasteiger partial charge is 0.499 e. The molecule has 0 saturated heterocycles. The van der Waals surface area contributed by atoms with Crippen molar-refractivity contribution in [1.29, 1.82) is 0 Å². The summed E-state index contributed by atoms with van der Waals surface area (Å²) in [5.41, 5.74) is 3.47. The van der Waals surface area contributed by atoms with Gasteiger partial charge in [-0.3, -0.25) is 9.63 Å². The molecule has 0 saturated carbocycles. The molecular weight excluding hydrogens is 515 g/mol. The molecule has 1 heterocycles. The quantitative estimate of drug-likeness (QED) is 0.159. The molecule has 0 fully saturated rings. The fourth-order valence-corrected chi connectivity index (χ4v) is 3.96. The van der Waals surface area contributed by atoms with E-state index in [4.69, 9.17) is 21.2 Å². The van der Waals surface area contributed by atoms with Crippen molar-refractivity contribution in [3.63, 3.8) is 0 Å². The highest BCUT2D eigenvalue weighted by Gasteiger charge is 2.22. The first kappa shape index (κ1) is 25.0. The Morgan fingerprint density at radius 2 is 2.15 bits per heavy atom. The Balaban J connectivity index is 1.98. The Labute approximate surface area is 205 Å². The van der Waals surface area contributed by atoms with Crippen LogP contribution in [0.5, 0.6) is 0 Å². The average Bonchev–Trinajstić information content (AvgIpc) is 3.20. The summed E-state index contributed by atoms with van der Waals surface area (Å²) in [5, 5.41) is 3.31. The molecule has 3 aromatic rings. The second-order valence-corrected chi connectivity index (χ2v) is 8.52. The number of unbranched alkanes of at least 4 members (excludes halogenated alkanes) is 2. The SMILES string of the molecule is C=COCCONC(=O)c1cc2c(ncn2CCCCC)c(F)c1Nc1ccc(Br)cc1Cl. The maximum Gasteiger partial charge on any atom is 0.277 e. The van der Waals surface area contributed by atoms with E-state index >= 15 is 4.39 Å². The van der Waals surface area contributed by atoms with Crippen LogP contribution in [0.1, 0.15) is 36.5 Å². The van der Waals surface area contributed by atoms with Crippen LogP contribution in [0.2, 0.25) is 5.02 Å². The number of anilines is 2. The summed E-state index contributed by atoms with van der Waals surface area (Å²) in [6, 6.07) is 6.72. The van der Waals surface area contributed by atoms with Crippen molar-refractivity contribution in [3.05, 3.63) is 64.3 Å². The molecule has 1 aromatic heterocycles. The molecule has 0 aliphatic heterocycles.